The molecule has 2 aromatic carbocycles. The van der Waals surface area contributed by atoms with E-state index < -0.39 is 0 Å². The lowest BCUT2D eigenvalue weighted by atomic mass is 10.1. The van der Waals surface area contributed by atoms with E-state index in [-0.39, 0.29) is 5.91 Å². The van der Waals surface area contributed by atoms with Crippen LogP contribution in [0, 0.1) is 0 Å². The van der Waals surface area contributed by atoms with Crippen LogP contribution in [-0.2, 0) is 17.0 Å². The molecule has 0 aromatic heterocycles. The van der Waals surface area contributed by atoms with Crippen LogP contribution in [0.15, 0.2) is 59.5 Å². The number of carbonyl (C=O) groups excluding carboxylic acids is 1. The fourth-order valence-electron chi connectivity index (χ4n) is 1.67. The lowest BCUT2D eigenvalue weighted by Crippen LogP contribution is -2.31. The van der Waals surface area contributed by atoms with Crippen molar-refractivity contribution in [2.24, 2.45) is 5.84 Å². The Morgan fingerprint density at radius 2 is 1.63 bits per heavy atom. The van der Waals surface area contributed by atoms with E-state index in [2.05, 4.69) is 29.7 Å². The average molecular weight is 272 g/mol. The first-order valence-electron chi connectivity index (χ1n) is 6.03. The second-order valence-electron chi connectivity index (χ2n) is 4.16. The largest absolute Gasteiger partial charge is 0.294 e. The van der Waals surface area contributed by atoms with Crippen molar-refractivity contribution < 1.29 is 4.79 Å². The van der Waals surface area contributed by atoms with Gasteiger partial charge < -0.3 is 0 Å². The Balaban J connectivity index is 1.90. The first-order valence-corrected chi connectivity index (χ1v) is 7.01. The summed E-state index contributed by atoms with van der Waals surface area (Å²) in [6, 6.07) is 18.3. The summed E-state index contributed by atoms with van der Waals surface area (Å²) in [6.07, 6.45) is 0.322. The molecule has 0 aliphatic carbocycles. The zero-order valence-corrected chi connectivity index (χ0v) is 11.3. The molecule has 0 fully saturated rings. The SMILES string of the molecule is NNC(=O)Cc1ccc(CSc2ccccc2)cc1. The summed E-state index contributed by atoms with van der Waals surface area (Å²) >= 11 is 1.80. The number of benzene rings is 2. The molecule has 0 spiro atoms. The van der Waals surface area contributed by atoms with Gasteiger partial charge in [0, 0.05) is 10.6 Å². The zero-order chi connectivity index (χ0) is 13.5. The molecule has 4 heteroatoms. The van der Waals surface area contributed by atoms with E-state index >= 15 is 0 Å². The maximum atomic E-state index is 11.1. The molecule has 0 bridgehead atoms. The molecule has 2 rings (SSSR count). The van der Waals surface area contributed by atoms with Crippen molar-refractivity contribution in [3.05, 3.63) is 65.7 Å². The van der Waals surface area contributed by atoms with Crippen molar-refractivity contribution >= 4 is 17.7 Å². The van der Waals surface area contributed by atoms with Gasteiger partial charge in [0.05, 0.1) is 6.42 Å². The average Bonchev–Trinajstić information content (AvgIpc) is 2.47. The highest BCUT2D eigenvalue weighted by molar-refractivity contribution is 7.98. The lowest BCUT2D eigenvalue weighted by Gasteiger charge is -2.04. The van der Waals surface area contributed by atoms with Crippen LogP contribution in [0.4, 0.5) is 0 Å². The van der Waals surface area contributed by atoms with Crippen molar-refractivity contribution in [1.29, 1.82) is 0 Å². The van der Waals surface area contributed by atoms with E-state index in [9.17, 15) is 4.79 Å². The third-order valence-corrected chi connectivity index (χ3v) is 3.78. The van der Waals surface area contributed by atoms with Crippen molar-refractivity contribution in [2.75, 3.05) is 0 Å². The first kappa shape index (κ1) is 13.6. The van der Waals surface area contributed by atoms with Crippen LogP contribution in [0.3, 0.4) is 0 Å². The van der Waals surface area contributed by atoms with Crippen LogP contribution < -0.4 is 11.3 Å². The summed E-state index contributed by atoms with van der Waals surface area (Å²) in [5.41, 5.74) is 4.34. The predicted octanol–water partition coefficient (Wildman–Crippen LogP) is 2.51. The highest BCUT2D eigenvalue weighted by atomic mass is 32.2. The Kier molecular flexibility index (Phi) is 5.01. The van der Waals surface area contributed by atoms with E-state index in [1.807, 2.05) is 30.3 Å². The molecule has 19 heavy (non-hydrogen) atoms. The molecule has 0 saturated heterocycles. The Bertz CT molecular complexity index is 526. The summed E-state index contributed by atoms with van der Waals surface area (Å²) in [4.78, 5) is 12.4. The summed E-state index contributed by atoms with van der Waals surface area (Å²) in [5, 5.41) is 0. The number of nitrogens with one attached hydrogen (secondary N) is 1. The molecule has 0 radical (unpaired) electrons. The Morgan fingerprint density at radius 1 is 1.00 bits per heavy atom. The minimum Gasteiger partial charge on any atom is -0.294 e. The van der Waals surface area contributed by atoms with Crippen LogP contribution in [0.25, 0.3) is 0 Å². The number of amides is 1. The standard InChI is InChI=1S/C15H16N2OS/c16-17-15(18)10-12-6-8-13(9-7-12)11-19-14-4-2-1-3-5-14/h1-9H,10-11,16H2,(H,17,18). The van der Waals surface area contributed by atoms with Gasteiger partial charge in [-0.2, -0.15) is 0 Å². The third kappa shape index (κ3) is 4.43. The van der Waals surface area contributed by atoms with Crippen LogP contribution >= 0.6 is 11.8 Å². The van der Waals surface area contributed by atoms with Gasteiger partial charge in [0.1, 0.15) is 0 Å². The molecule has 98 valence electrons. The number of hydrazine groups is 1. The number of hydrogen-bond acceptors (Lipinski definition) is 3. The fraction of sp³-hybridized carbons (Fsp3) is 0.133. The molecular formula is C15H16N2OS. The van der Waals surface area contributed by atoms with Gasteiger partial charge in [-0.25, -0.2) is 5.84 Å². The van der Waals surface area contributed by atoms with E-state index in [1.54, 1.807) is 11.8 Å². The minimum atomic E-state index is -0.175. The maximum Gasteiger partial charge on any atom is 0.238 e. The van der Waals surface area contributed by atoms with Gasteiger partial charge in [-0.1, -0.05) is 42.5 Å². The molecule has 0 aliphatic heterocycles. The molecule has 3 N–H and O–H groups in total. The van der Waals surface area contributed by atoms with E-state index in [1.165, 1.54) is 10.5 Å². The third-order valence-electron chi connectivity index (χ3n) is 2.70. The van der Waals surface area contributed by atoms with Crippen molar-refractivity contribution in [3.63, 3.8) is 0 Å². The van der Waals surface area contributed by atoms with Crippen LogP contribution in [0.1, 0.15) is 11.1 Å². The van der Waals surface area contributed by atoms with Crippen molar-refractivity contribution in [3.8, 4) is 0 Å². The molecular weight excluding hydrogens is 256 g/mol. The first-order chi connectivity index (χ1) is 9.28. The van der Waals surface area contributed by atoms with Gasteiger partial charge in [0.2, 0.25) is 5.91 Å². The molecule has 0 saturated carbocycles. The molecule has 0 atom stereocenters. The van der Waals surface area contributed by atoms with Crippen molar-refractivity contribution in [1.82, 2.24) is 5.43 Å². The Hall–Kier alpha value is -1.78. The van der Waals surface area contributed by atoms with E-state index in [0.29, 0.717) is 6.42 Å². The lowest BCUT2D eigenvalue weighted by molar-refractivity contribution is -0.120. The quantitative estimate of drug-likeness (QED) is 0.380. The summed E-state index contributed by atoms with van der Waals surface area (Å²) in [6.45, 7) is 0. The van der Waals surface area contributed by atoms with Crippen LogP contribution in [0.2, 0.25) is 0 Å². The fourth-order valence-corrected chi connectivity index (χ4v) is 2.55. The summed E-state index contributed by atoms with van der Waals surface area (Å²) in [7, 11) is 0. The maximum absolute atomic E-state index is 11.1. The van der Waals surface area contributed by atoms with Crippen LogP contribution in [-0.4, -0.2) is 5.91 Å². The van der Waals surface area contributed by atoms with Gasteiger partial charge >= 0.3 is 0 Å². The number of hydrogen-bond donors (Lipinski definition) is 2. The van der Waals surface area contributed by atoms with Gasteiger partial charge in [-0.3, -0.25) is 10.2 Å². The Morgan fingerprint density at radius 3 is 2.26 bits per heavy atom. The second-order valence-corrected chi connectivity index (χ2v) is 5.21. The van der Waals surface area contributed by atoms with Crippen LogP contribution in [0.5, 0.6) is 0 Å². The summed E-state index contributed by atoms with van der Waals surface area (Å²) < 4.78 is 0. The number of rotatable bonds is 5. The van der Waals surface area contributed by atoms with Gasteiger partial charge in [0.25, 0.3) is 0 Å². The van der Waals surface area contributed by atoms with Gasteiger partial charge in [-0.15, -0.1) is 11.8 Å². The monoisotopic (exact) mass is 272 g/mol. The molecule has 3 nitrogen and oxygen atoms in total. The van der Waals surface area contributed by atoms with Gasteiger partial charge in [-0.05, 0) is 23.3 Å². The minimum absolute atomic E-state index is 0.175. The van der Waals surface area contributed by atoms with E-state index in [0.717, 1.165) is 11.3 Å². The normalized spacial score (nSPS) is 10.2. The second kappa shape index (κ2) is 6.97. The number of nitrogens with two attached hydrogens (primary N) is 1. The molecule has 2 aromatic rings. The predicted molar refractivity (Wildman–Crippen MR) is 78.5 cm³/mol. The van der Waals surface area contributed by atoms with Gasteiger partial charge in [0.15, 0.2) is 0 Å². The number of carbonyl (C=O) groups is 1. The van der Waals surface area contributed by atoms with Crippen molar-refractivity contribution in [2.45, 2.75) is 17.1 Å². The summed E-state index contributed by atoms with van der Waals surface area (Å²) in [5.74, 6) is 5.81. The topological polar surface area (TPSA) is 55.1 Å². The molecule has 0 heterocycles. The number of thioether (sulfide) groups is 1. The Labute approximate surface area is 117 Å². The molecule has 0 aliphatic rings. The smallest absolute Gasteiger partial charge is 0.238 e. The van der Waals surface area contributed by atoms with E-state index in [4.69, 9.17) is 5.84 Å². The highest BCUT2D eigenvalue weighted by Gasteiger charge is 2.01. The molecule has 1 amide bonds. The highest BCUT2D eigenvalue weighted by Crippen LogP contribution is 2.22. The molecule has 0 unspecified atom stereocenters. The zero-order valence-electron chi connectivity index (χ0n) is 10.5.